The SMILES string of the molecule is CC1c2c(-c3ccncc3)c(-c3ccc(Cl)cc3F)nn2CCN1C(=O)OC(C)(C)C. The van der Waals surface area contributed by atoms with Crippen molar-refractivity contribution in [3.05, 3.63) is 59.3 Å². The van der Waals surface area contributed by atoms with E-state index >= 15 is 0 Å². The smallest absolute Gasteiger partial charge is 0.410 e. The molecule has 1 atom stereocenters. The van der Waals surface area contributed by atoms with Crippen molar-refractivity contribution in [2.75, 3.05) is 6.54 Å². The van der Waals surface area contributed by atoms with Crippen molar-refractivity contribution >= 4 is 17.7 Å². The van der Waals surface area contributed by atoms with Gasteiger partial charge in [0.1, 0.15) is 17.1 Å². The summed E-state index contributed by atoms with van der Waals surface area (Å²) in [6.45, 7) is 8.38. The van der Waals surface area contributed by atoms with Gasteiger partial charge in [0.25, 0.3) is 0 Å². The Balaban J connectivity index is 1.86. The van der Waals surface area contributed by atoms with Crippen molar-refractivity contribution in [3.8, 4) is 22.4 Å². The first-order valence-electron chi connectivity index (χ1n) is 10.1. The number of hydrogen-bond donors (Lipinski definition) is 0. The van der Waals surface area contributed by atoms with Gasteiger partial charge in [0.05, 0.1) is 18.3 Å². The highest BCUT2D eigenvalue weighted by Crippen LogP contribution is 2.41. The second kappa shape index (κ2) is 7.96. The number of amides is 1. The number of halogens is 2. The maximum Gasteiger partial charge on any atom is 0.410 e. The molecular weight excluding hydrogens is 419 g/mol. The normalized spacial score (nSPS) is 16.2. The van der Waals surface area contributed by atoms with Gasteiger partial charge in [0.15, 0.2) is 0 Å². The van der Waals surface area contributed by atoms with Crippen LogP contribution in [0.25, 0.3) is 22.4 Å². The number of pyridine rings is 1. The first kappa shape index (κ1) is 21.3. The van der Waals surface area contributed by atoms with Crippen LogP contribution < -0.4 is 0 Å². The second-order valence-electron chi connectivity index (χ2n) is 8.54. The summed E-state index contributed by atoms with van der Waals surface area (Å²) in [6.07, 6.45) is 2.98. The van der Waals surface area contributed by atoms with Crippen LogP contribution >= 0.6 is 11.6 Å². The molecule has 1 amide bonds. The molecule has 1 aromatic carbocycles. The lowest BCUT2D eigenvalue weighted by Gasteiger charge is -2.35. The van der Waals surface area contributed by atoms with Crippen LogP contribution in [0.2, 0.25) is 5.02 Å². The summed E-state index contributed by atoms with van der Waals surface area (Å²) in [5, 5.41) is 5.06. The van der Waals surface area contributed by atoms with Crippen LogP contribution in [0.3, 0.4) is 0 Å². The van der Waals surface area contributed by atoms with Gasteiger partial charge in [0, 0.05) is 35.1 Å². The predicted octanol–water partition coefficient (Wildman–Crippen LogP) is 5.72. The Morgan fingerprint density at radius 3 is 2.55 bits per heavy atom. The first-order valence-corrected chi connectivity index (χ1v) is 10.5. The largest absolute Gasteiger partial charge is 0.444 e. The van der Waals surface area contributed by atoms with Gasteiger partial charge in [-0.3, -0.25) is 14.6 Å². The van der Waals surface area contributed by atoms with E-state index in [0.29, 0.717) is 29.4 Å². The maximum atomic E-state index is 14.9. The fourth-order valence-corrected chi connectivity index (χ4v) is 4.02. The van der Waals surface area contributed by atoms with E-state index < -0.39 is 11.4 Å². The number of hydrogen-bond acceptors (Lipinski definition) is 4. The summed E-state index contributed by atoms with van der Waals surface area (Å²) >= 11 is 5.96. The van der Waals surface area contributed by atoms with E-state index in [-0.39, 0.29) is 12.1 Å². The van der Waals surface area contributed by atoms with Crippen LogP contribution in [0.4, 0.5) is 9.18 Å². The molecule has 0 saturated carbocycles. The molecule has 3 heterocycles. The summed E-state index contributed by atoms with van der Waals surface area (Å²) in [6, 6.07) is 7.95. The summed E-state index contributed by atoms with van der Waals surface area (Å²) in [4.78, 5) is 18.6. The maximum absolute atomic E-state index is 14.9. The van der Waals surface area contributed by atoms with Gasteiger partial charge < -0.3 is 4.74 Å². The zero-order chi connectivity index (χ0) is 22.3. The monoisotopic (exact) mass is 442 g/mol. The van der Waals surface area contributed by atoms with Gasteiger partial charge >= 0.3 is 6.09 Å². The van der Waals surface area contributed by atoms with Crippen molar-refractivity contribution in [3.63, 3.8) is 0 Å². The van der Waals surface area contributed by atoms with Gasteiger partial charge in [-0.2, -0.15) is 5.10 Å². The van der Waals surface area contributed by atoms with Gasteiger partial charge in [-0.1, -0.05) is 11.6 Å². The first-order chi connectivity index (χ1) is 14.7. The summed E-state index contributed by atoms with van der Waals surface area (Å²) in [5.41, 5.74) is 2.71. The van der Waals surface area contributed by atoms with Crippen LogP contribution in [-0.4, -0.2) is 37.9 Å². The highest BCUT2D eigenvalue weighted by molar-refractivity contribution is 6.30. The molecule has 0 fully saturated rings. The molecule has 8 heteroatoms. The molecule has 31 heavy (non-hydrogen) atoms. The van der Waals surface area contributed by atoms with Gasteiger partial charge in [-0.05, 0) is 63.6 Å². The Labute approximate surface area is 185 Å². The molecule has 0 N–H and O–H groups in total. The Bertz CT molecular complexity index is 1120. The van der Waals surface area contributed by atoms with Crippen molar-refractivity contribution in [1.29, 1.82) is 0 Å². The van der Waals surface area contributed by atoms with Crippen molar-refractivity contribution in [2.45, 2.75) is 45.9 Å². The molecule has 0 bridgehead atoms. The molecule has 4 rings (SSSR count). The standard InChI is InChI=1S/C23H24ClFN4O2/c1-14-21-19(15-7-9-26-10-8-15)20(17-6-5-16(24)13-18(17)25)27-29(21)12-11-28(14)22(30)31-23(2,3)4/h5-10,13-14H,11-12H2,1-4H3. The zero-order valence-corrected chi connectivity index (χ0v) is 18.7. The molecule has 1 aliphatic heterocycles. The fourth-order valence-electron chi connectivity index (χ4n) is 3.86. The molecule has 0 radical (unpaired) electrons. The molecule has 162 valence electrons. The minimum absolute atomic E-state index is 0.316. The predicted molar refractivity (Wildman–Crippen MR) is 117 cm³/mol. The second-order valence-corrected chi connectivity index (χ2v) is 8.98. The third kappa shape index (κ3) is 4.14. The average Bonchev–Trinajstić information content (AvgIpc) is 3.07. The summed E-state index contributed by atoms with van der Waals surface area (Å²) < 4.78 is 22.3. The Morgan fingerprint density at radius 2 is 1.90 bits per heavy atom. The van der Waals surface area contributed by atoms with Gasteiger partial charge in [0.2, 0.25) is 0 Å². The molecule has 0 aliphatic carbocycles. The van der Waals surface area contributed by atoms with Crippen LogP contribution in [0.5, 0.6) is 0 Å². The van der Waals surface area contributed by atoms with Crippen LogP contribution in [-0.2, 0) is 11.3 Å². The van der Waals surface area contributed by atoms with Crippen molar-refractivity contribution in [2.24, 2.45) is 0 Å². The molecule has 2 aromatic heterocycles. The Hall–Kier alpha value is -2.93. The third-order valence-electron chi connectivity index (χ3n) is 5.19. The van der Waals surface area contributed by atoms with E-state index in [2.05, 4.69) is 4.98 Å². The lowest BCUT2D eigenvalue weighted by molar-refractivity contribution is 0.0121. The summed E-state index contributed by atoms with van der Waals surface area (Å²) in [5.74, 6) is -0.449. The fraction of sp³-hybridized carbons (Fsp3) is 0.348. The number of aromatic nitrogens is 3. The quantitative estimate of drug-likeness (QED) is 0.509. The number of benzene rings is 1. The number of ether oxygens (including phenoxy) is 1. The van der Waals surface area contributed by atoms with E-state index in [1.807, 2.05) is 44.5 Å². The van der Waals surface area contributed by atoms with E-state index in [0.717, 1.165) is 16.8 Å². The molecule has 6 nitrogen and oxygen atoms in total. The summed E-state index contributed by atoms with van der Waals surface area (Å²) in [7, 11) is 0. The molecular formula is C23H24ClFN4O2. The number of fused-ring (bicyclic) bond motifs is 1. The Morgan fingerprint density at radius 1 is 1.19 bits per heavy atom. The average molecular weight is 443 g/mol. The Kier molecular flexibility index (Phi) is 5.47. The van der Waals surface area contributed by atoms with Crippen LogP contribution in [0.1, 0.15) is 39.4 Å². The minimum Gasteiger partial charge on any atom is -0.444 e. The molecule has 1 aliphatic rings. The highest BCUT2D eigenvalue weighted by Gasteiger charge is 2.36. The lowest BCUT2D eigenvalue weighted by atomic mass is 9.96. The van der Waals surface area contributed by atoms with E-state index in [4.69, 9.17) is 21.4 Å². The zero-order valence-electron chi connectivity index (χ0n) is 17.9. The molecule has 3 aromatic rings. The highest BCUT2D eigenvalue weighted by atomic mass is 35.5. The number of carbonyl (C=O) groups is 1. The topological polar surface area (TPSA) is 60.2 Å². The number of carbonyl (C=O) groups excluding carboxylic acids is 1. The van der Waals surface area contributed by atoms with Crippen LogP contribution in [0.15, 0.2) is 42.7 Å². The van der Waals surface area contributed by atoms with Crippen molar-refractivity contribution < 1.29 is 13.9 Å². The van der Waals surface area contributed by atoms with Crippen molar-refractivity contribution in [1.82, 2.24) is 19.7 Å². The lowest BCUT2D eigenvalue weighted by Crippen LogP contribution is -2.43. The number of nitrogens with zero attached hydrogens (tertiary/aromatic N) is 4. The van der Waals surface area contributed by atoms with Gasteiger partial charge in [-0.15, -0.1) is 0 Å². The third-order valence-corrected chi connectivity index (χ3v) is 5.43. The van der Waals surface area contributed by atoms with Gasteiger partial charge in [-0.25, -0.2) is 9.18 Å². The van der Waals surface area contributed by atoms with E-state index in [1.165, 1.54) is 6.07 Å². The van der Waals surface area contributed by atoms with E-state index in [1.54, 1.807) is 29.4 Å². The minimum atomic E-state index is -0.597. The van der Waals surface area contributed by atoms with Crippen LogP contribution in [0, 0.1) is 5.82 Å². The molecule has 0 spiro atoms. The number of rotatable bonds is 2. The molecule has 1 unspecified atom stereocenters. The van der Waals surface area contributed by atoms with E-state index in [9.17, 15) is 9.18 Å². The molecule has 0 saturated heterocycles.